The fraction of sp³-hybridized carbons (Fsp3) is 0.300. The molecule has 0 unspecified atom stereocenters. The first-order valence-electron chi connectivity index (χ1n) is 8.86. The molecule has 1 aliphatic rings. The summed E-state index contributed by atoms with van der Waals surface area (Å²) in [5, 5.41) is 0.883. The number of benzene rings is 1. The second-order valence-electron chi connectivity index (χ2n) is 6.75. The summed E-state index contributed by atoms with van der Waals surface area (Å²) >= 11 is 0. The summed E-state index contributed by atoms with van der Waals surface area (Å²) in [6.07, 6.45) is 6.64. The molecule has 4 rings (SSSR count). The van der Waals surface area contributed by atoms with Gasteiger partial charge in [0.2, 0.25) is 0 Å². The van der Waals surface area contributed by atoms with Crippen molar-refractivity contribution in [2.75, 3.05) is 13.1 Å². The highest BCUT2D eigenvalue weighted by Crippen LogP contribution is 2.31. The zero-order valence-corrected chi connectivity index (χ0v) is 14.4. The number of rotatable bonds is 3. The van der Waals surface area contributed by atoms with Gasteiger partial charge in [-0.3, -0.25) is 9.78 Å². The molecule has 5 nitrogen and oxygen atoms in total. The summed E-state index contributed by atoms with van der Waals surface area (Å²) in [6.45, 7) is 1.64. The van der Waals surface area contributed by atoms with E-state index in [0.29, 0.717) is 25.2 Å². The third-order valence-electron chi connectivity index (χ3n) is 5.23. The molecule has 1 fully saturated rings. The smallest absolute Gasteiger partial charge is 0.256 e. The van der Waals surface area contributed by atoms with Crippen LogP contribution in [0.25, 0.3) is 10.9 Å². The second kappa shape index (κ2) is 6.88. The quantitative estimate of drug-likeness (QED) is 0.760. The number of nitrogens with zero attached hydrogens (tertiary/aromatic N) is 2. The fourth-order valence-electron chi connectivity index (χ4n) is 3.75. The van der Waals surface area contributed by atoms with Crippen LogP contribution in [-0.4, -0.2) is 33.9 Å². The number of likely N-dealkylation sites (tertiary alicyclic amines) is 1. The molecular weight excluding hydrogens is 331 g/mol. The number of aromatic nitrogens is 2. The summed E-state index contributed by atoms with van der Waals surface area (Å²) in [5.41, 5.74) is 8.85. The van der Waals surface area contributed by atoms with Crippen LogP contribution in [0.4, 0.5) is 4.39 Å². The minimum Gasteiger partial charge on any atom is -0.359 e. The van der Waals surface area contributed by atoms with Gasteiger partial charge in [-0.1, -0.05) is 12.1 Å². The van der Waals surface area contributed by atoms with Crippen LogP contribution in [0.5, 0.6) is 0 Å². The largest absolute Gasteiger partial charge is 0.359 e. The molecule has 0 aliphatic carbocycles. The number of nitrogens with one attached hydrogen (secondary N) is 1. The van der Waals surface area contributed by atoms with Gasteiger partial charge in [0.1, 0.15) is 5.82 Å². The Bertz CT molecular complexity index is 944. The van der Waals surface area contributed by atoms with Gasteiger partial charge in [0.25, 0.3) is 5.91 Å². The molecule has 3 N–H and O–H groups in total. The van der Waals surface area contributed by atoms with Crippen LogP contribution in [0.2, 0.25) is 0 Å². The number of pyridine rings is 1. The number of H-pyrrole nitrogens is 1. The maximum Gasteiger partial charge on any atom is 0.256 e. The number of carbonyl (C=O) groups excluding carboxylic acids is 1. The van der Waals surface area contributed by atoms with Crippen LogP contribution < -0.4 is 5.73 Å². The molecule has 1 aromatic carbocycles. The molecule has 6 heteroatoms. The van der Waals surface area contributed by atoms with Crippen LogP contribution >= 0.6 is 0 Å². The Morgan fingerprint density at radius 1 is 1.31 bits per heavy atom. The fourth-order valence-corrected chi connectivity index (χ4v) is 3.75. The third-order valence-corrected chi connectivity index (χ3v) is 5.23. The van der Waals surface area contributed by atoms with Gasteiger partial charge in [0.05, 0.1) is 17.3 Å². The van der Waals surface area contributed by atoms with Crippen molar-refractivity contribution in [2.24, 2.45) is 5.73 Å². The van der Waals surface area contributed by atoms with Crippen molar-refractivity contribution in [3.63, 3.8) is 0 Å². The molecule has 1 aliphatic heterocycles. The topological polar surface area (TPSA) is 75.0 Å². The maximum atomic E-state index is 14.2. The number of halogens is 1. The second-order valence-corrected chi connectivity index (χ2v) is 6.75. The molecule has 0 atom stereocenters. The molecule has 3 aromatic rings. The first-order valence-corrected chi connectivity index (χ1v) is 8.86. The zero-order valence-electron chi connectivity index (χ0n) is 14.4. The molecular formula is C20H21FN4O. The van der Waals surface area contributed by atoms with E-state index < -0.39 is 0 Å². The van der Waals surface area contributed by atoms with Crippen molar-refractivity contribution in [1.82, 2.24) is 14.9 Å². The predicted molar refractivity (Wildman–Crippen MR) is 98.3 cm³/mol. The summed E-state index contributed by atoms with van der Waals surface area (Å²) in [5.74, 6) is -0.0501. The number of aromatic amines is 1. The zero-order chi connectivity index (χ0) is 18.1. The Morgan fingerprint density at radius 3 is 2.88 bits per heavy atom. The standard InChI is InChI=1S/C20H21FN4O/c21-18-2-1-13(10-22)9-16(18)14-4-7-25(8-5-14)20(26)17-11-24-19-12-23-6-3-15(17)19/h1-3,6,9,11-12,14,24H,4-5,7-8,10,22H2. The van der Waals surface area contributed by atoms with E-state index in [2.05, 4.69) is 9.97 Å². The Hall–Kier alpha value is -2.73. The van der Waals surface area contributed by atoms with E-state index in [9.17, 15) is 9.18 Å². The summed E-state index contributed by atoms with van der Waals surface area (Å²) in [4.78, 5) is 21.9. The highest BCUT2D eigenvalue weighted by atomic mass is 19.1. The number of carbonyl (C=O) groups is 1. The van der Waals surface area contributed by atoms with Crippen LogP contribution in [0.1, 0.15) is 40.2 Å². The molecule has 0 saturated carbocycles. The Kier molecular flexibility index (Phi) is 4.42. The van der Waals surface area contributed by atoms with Gasteiger partial charge in [0, 0.05) is 37.4 Å². The third kappa shape index (κ3) is 2.97. The van der Waals surface area contributed by atoms with Crippen molar-refractivity contribution < 1.29 is 9.18 Å². The first-order chi connectivity index (χ1) is 12.7. The molecule has 1 saturated heterocycles. The van der Waals surface area contributed by atoms with Gasteiger partial charge in [-0.2, -0.15) is 0 Å². The highest BCUT2D eigenvalue weighted by molar-refractivity contribution is 6.06. The first kappa shape index (κ1) is 16.7. The number of piperidine rings is 1. The number of amides is 1. The lowest BCUT2D eigenvalue weighted by Gasteiger charge is -2.32. The van der Waals surface area contributed by atoms with E-state index in [1.165, 1.54) is 6.07 Å². The molecule has 0 bridgehead atoms. The van der Waals surface area contributed by atoms with Crippen molar-refractivity contribution in [2.45, 2.75) is 25.3 Å². The Morgan fingerprint density at radius 2 is 2.12 bits per heavy atom. The van der Waals surface area contributed by atoms with Gasteiger partial charge in [-0.05, 0) is 42.0 Å². The van der Waals surface area contributed by atoms with Crippen LogP contribution in [0.3, 0.4) is 0 Å². The number of hydrogen-bond acceptors (Lipinski definition) is 3. The van der Waals surface area contributed by atoms with E-state index >= 15 is 0 Å². The van der Waals surface area contributed by atoms with Gasteiger partial charge in [-0.25, -0.2) is 4.39 Å². The van der Waals surface area contributed by atoms with Gasteiger partial charge in [0.15, 0.2) is 0 Å². The summed E-state index contributed by atoms with van der Waals surface area (Å²) in [6, 6.07) is 6.93. The van der Waals surface area contributed by atoms with Crippen molar-refractivity contribution in [3.05, 3.63) is 65.4 Å². The molecule has 0 spiro atoms. The Balaban J connectivity index is 1.49. The normalized spacial score (nSPS) is 15.5. The highest BCUT2D eigenvalue weighted by Gasteiger charge is 2.27. The van der Waals surface area contributed by atoms with Crippen LogP contribution in [0.15, 0.2) is 42.9 Å². The van der Waals surface area contributed by atoms with E-state index in [0.717, 1.165) is 34.9 Å². The van der Waals surface area contributed by atoms with E-state index in [1.807, 2.05) is 17.0 Å². The van der Waals surface area contributed by atoms with Crippen molar-refractivity contribution >= 4 is 16.8 Å². The average molecular weight is 352 g/mol. The van der Waals surface area contributed by atoms with Crippen molar-refractivity contribution in [1.29, 1.82) is 0 Å². The van der Waals surface area contributed by atoms with Gasteiger partial charge >= 0.3 is 0 Å². The van der Waals surface area contributed by atoms with Crippen LogP contribution in [-0.2, 0) is 6.54 Å². The lowest BCUT2D eigenvalue weighted by Crippen LogP contribution is -2.38. The molecule has 134 valence electrons. The van der Waals surface area contributed by atoms with Crippen molar-refractivity contribution in [3.8, 4) is 0 Å². The average Bonchev–Trinajstić information content (AvgIpc) is 3.12. The summed E-state index contributed by atoms with van der Waals surface area (Å²) < 4.78 is 14.2. The molecule has 2 aromatic heterocycles. The van der Waals surface area contributed by atoms with Crippen LogP contribution in [0, 0.1) is 5.82 Å². The molecule has 3 heterocycles. The SMILES string of the molecule is NCc1ccc(F)c(C2CCN(C(=O)c3c[nH]c4cnccc34)CC2)c1. The summed E-state index contributed by atoms with van der Waals surface area (Å²) in [7, 11) is 0. The van der Waals surface area contributed by atoms with E-state index in [-0.39, 0.29) is 17.6 Å². The number of fused-ring (bicyclic) bond motifs is 1. The lowest BCUT2D eigenvalue weighted by molar-refractivity contribution is 0.0714. The minimum atomic E-state index is -0.184. The van der Waals surface area contributed by atoms with E-state index in [1.54, 1.807) is 24.7 Å². The van der Waals surface area contributed by atoms with Gasteiger partial charge < -0.3 is 15.6 Å². The molecule has 1 amide bonds. The molecule has 0 radical (unpaired) electrons. The number of hydrogen-bond donors (Lipinski definition) is 2. The maximum absolute atomic E-state index is 14.2. The number of nitrogens with two attached hydrogens (primary N) is 1. The monoisotopic (exact) mass is 352 g/mol. The molecule has 26 heavy (non-hydrogen) atoms. The lowest BCUT2D eigenvalue weighted by atomic mass is 9.88. The van der Waals surface area contributed by atoms with Gasteiger partial charge in [-0.15, -0.1) is 0 Å². The predicted octanol–water partition coefficient (Wildman–Crippen LogP) is 3.18. The minimum absolute atomic E-state index is 0.0112. The Labute approximate surface area is 151 Å². The van der Waals surface area contributed by atoms with E-state index in [4.69, 9.17) is 5.73 Å².